The van der Waals surface area contributed by atoms with Crippen LogP contribution in [-0.2, 0) is 25.4 Å². The van der Waals surface area contributed by atoms with Gasteiger partial charge in [0.15, 0.2) is 0 Å². The van der Waals surface area contributed by atoms with E-state index in [4.69, 9.17) is 5.84 Å². The summed E-state index contributed by atoms with van der Waals surface area (Å²) >= 11 is 1.42. The van der Waals surface area contributed by atoms with Gasteiger partial charge in [-0.05, 0) is 18.6 Å². The first-order valence-electron chi connectivity index (χ1n) is 6.34. The van der Waals surface area contributed by atoms with Gasteiger partial charge in [-0.25, -0.2) is 33.9 Å². The molecule has 21 heavy (non-hydrogen) atoms. The number of nitrogens with zero attached hydrogens (tertiary/aromatic N) is 3. The zero-order valence-corrected chi connectivity index (χ0v) is 12.8. The summed E-state index contributed by atoms with van der Waals surface area (Å²) in [7, 11) is 2.67. The number of unbranched alkanes of at least 4 members (excludes halogenated alkanes) is 1. The highest BCUT2D eigenvalue weighted by Gasteiger charge is 2.09. The maximum absolute atomic E-state index is 11.9. The topological polar surface area (TPSA) is 121 Å². The standard InChI is InChI=1S/C11H19N5O4S/c1-14-9(18)15(2)11(20)16(10(14)19)5-3-4-6-21-7-8(17)13-12/h3-7,12H2,1-2H3,(H,13,17). The van der Waals surface area contributed by atoms with Crippen LogP contribution in [0.15, 0.2) is 14.4 Å². The number of amides is 1. The third-order valence-electron chi connectivity index (χ3n) is 2.92. The minimum Gasteiger partial charge on any atom is -0.294 e. The van der Waals surface area contributed by atoms with Crippen LogP contribution in [0.1, 0.15) is 12.8 Å². The van der Waals surface area contributed by atoms with Crippen LogP contribution in [0.3, 0.4) is 0 Å². The third-order valence-corrected chi connectivity index (χ3v) is 3.97. The van der Waals surface area contributed by atoms with E-state index in [-0.39, 0.29) is 18.2 Å². The number of carbonyl (C=O) groups is 1. The monoisotopic (exact) mass is 317 g/mol. The van der Waals surface area contributed by atoms with Crippen LogP contribution in [0.5, 0.6) is 0 Å². The Bertz CT molecular complexity index is 634. The number of thioether (sulfide) groups is 1. The Labute approximate surface area is 124 Å². The lowest BCUT2D eigenvalue weighted by Gasteiger charge is -2.08. The van der Waals surface area contributed by atoms with Gasteiger partial charge in [0, 0.05) is 20.6 Å². The molecule has 3 N–H and O–H groups in total. The van der Waals surface area contributed by atoms with Crippen molar-refractivity contribution in [3.05, 3.63) is 31.5 Å². The predicted molar refractivity (Wildman–Crippen MR) is 80.1 cm³/mol. The minimum absolute atomic E-state index is 0.239. The molecule has 10 heteroatoms. The van der Waals surface area contributed by atoms with E-state index < -0.39 is 17.1 Å². The number of hydrogen-bond acceptors (Lipinski definition) is 6. The minimum atomic E-state index is -0.635. The number of rotatable bonds is 7. The second-order valence-corrected chi connectivity index (χ2v) is 5.55. The predicted octanol–water partition coefficient (Wildman–Crippen LogP) is -2.25. The van der Waals surface area contributed by atoms with Crippen molar-refractivity contribution in [2.45, 2.75) is 19.4 Å². The lowest BCUT2D eigenvalue weighted by atomic mass is 10.3. The van der Waals surface area contributed by atoms with E-state index in [1.165, 1.54) is 25.9 Å². The maximum Gasteiger partial charge on any atom is 0.336 e. The molecule has 0 aliphatic heterocycles. The first-order valence-corrected chi connectivity index (χ1v) is 7.49. The van der Waals surface area contributed by atoms with Gasteiger partial charge in [-0.3, -0.25) is 10.2 Å². The maximum atomic E-state index is 11.9. The number of hydrazine groups is 1. The van der Waals surface area contributed by atoms with Crippen LogP contribution >= 0.6 is 11.8 Å². The van der Waals surface area contributed by atoms with Crippen LogP contribution < -0.4 is 28.3 Å². The van der Waals surface area contributed by atoms with Crippen LogP contribution in [0.25, 0.3) is 0 Å². The van der Waals surface area contributed by atoms with Gasteiger partial charge in [-0.2, -0.15) is 11.8 Å². The Morgan fingerprint density at radius 3 is 2.19 bits per heavy atom. The van der Waals surface area contributed by atoms with Gasteiger partial charge in [-0.1, -0.05) is 0 Å². The van der Waals surface area contributed by atoms with E-state index in [0.717, 1.165) is 20.1 Å². The lowest BCUT2D eigenvalue weighted by Crippen LogP contribution is -2.52. The summed E-state index contributed by atoms with van der Waals surface area (Å²) in [6.07, 6.45) is 1.34. The highest BCUT2D eigenvalue weighted by Crippen LogP contribution is 2.04. The number of nitrogens with one attached hydrogen (secondary N) is 1. The van der Waals surface area contributed by atoms with Crippen LogP contribution in [0.2, 0.25) is 0 Å². The Balaban J connectivity index is 2.58. The molecule has 0 spiro atoms. The van der Waals surface area contributed by atoms with Gasteiger partial charge < -0.3 is 0 Å². The Kier molecular flexibility index (Phi) is 6.43. The SMILES string of the molecule is Cn1c(=O)n(C)c(=O)n(CCCCSCC(=O)NN)c1=O. The van der Waals surface area contributed by atoms with Gasteiger partial charge in [0.2, 0.25) is 5.91 Å². The third kappa shape index (κ3) is 4.33. The van der Waals surface area contributed by atoms with E-state index in [0.29, 0.717) is 12.2 Å². The number of aromatic nitrogens is 3. The molecule has 1 heterocycles. The molecule has 0 aromatic carbocycles. The van der Waals surface area contributed by atoms with Gasteiger partial charge in [0.05, 0.1) is 5.75 Å². The van der Waals surface area contributed by atoms with E-state index in [1.54, 1.807) is 0 Å². The zero-order valence-electron chi connectivity index (χ0n) is 12.0. The van der Waals surface area contributed by atoms with Crippen molar-refractivity contribution < 1.29 is 4.79 Å². The Hall–Kier alpha value is -1.81. The first kappa shape index (κ1) is 17.2. The van der Waals surface area contributed by atoms with Crippen molar-refractivity contribution in [1.82, 2.24) is 19.1 Å². The summed E-state index contributed by atoms with van der Waals surface area (Å²) in [5.41, 5.74) is 0.173. The second-order valence-electron chi connectivity index (χ2n) is 4.44. The summed E-state index contributed by atoms with van der Waals surface area (Å²) in [5, 5.41) is 0. The van der Waals surface area contributed by atoms with Crippen molar-refractivity contribution in [3.8, 4) is 0 Å². The van der Waals surface area contributed by atoms with Crippen molar-refractivity contribution in [1.29, 1.82) is 0 Å². The molecule has 0 aliphatic rings. The van der Waals surface area contributed by atoms with Crippen molar-refractivity contribution in [3.63, 3.8) is 0 Å². The van der Waals surface area contributed by atoms with Crippen molar-refractivity contribution in [2.75, 3.05) is 11.5 Å². The molecule has 1 amide bonds. The van der Waals surface area contributed by atoms with Crippen LogP contribution in [-0.4, -0.2) is 31.1 Å². The molecule has 0 aliphatic carbocycles. The second kappa shape index (κ2) is 7.84. The summed E-state index contributed by atoms with van der Waals surface area (Å²) in [5.74, 6) is 5.69. The number of nitrogens with two attached hydrogens (primary N) is 1. The molecule has 0 radical (unpaired) electrons. The molecule has 9 nitrogen and oxygen atoms in total. The quantitative estimate of drug-likeness (QED) is 0.254. The molecule has 0 fully saturated rings. The van der Waals surface area contributed by atoms with E-state index in [2.05, 4.69) is 0 Å². The molecule has 1 aromatic rings. The van der Waals surface area contributed by atoms with Crippen molar-refractivity contribution in [2.24, 2.45) is 19.9 Å². The lowest BCUT2D eigenvalue weighted by molar-refractivity contribution is -0.118. The normalized spacial score (nSPS) is 10.6. The molecular formula is C11H19N5O4S. The summed E-state index contributed by atoms with van der Waals surface area (Å²) < 4.78 is 2.85. The largest absolute Gasteiger partial charge is 0.336 e. The summed E-state index contributed by atoms with van der Waals surface area (Å²) in [6.45, 7) is 0.239. The zero-order chi connectivity index (χ0) is 16.0. The van der Waals surface area contributed by atoms with Crippen LogP contribution in [0.4, 0.5) is 0 Å². The fourth-order valence-electron chi connectivity index (χ4n) is 1.70. The molecule has 0 unspecified atom stereocenters. The molecule has 0 atom stereocenters. The summed E-state index contributed by atoms with van der Waals surface area (Å²) in [4.78, 5) is 46.1. The fraction of sp³-hybridized carbons (Fsp3) is 0.636. The molecule has 0 saturated carbocycles. The molecule has 0 saturated heterocycles. The average Bonchev–Trinajstić information content (AvgIpc) is 2.49. The van der Waals surface area contributed by atoms with Crippen LogP contribution in [0, 0.1) is 0 Å². The van der Waals surface area contributed by atoms with E-state index in [9.17, 15) is 19.2 Å². The average molecular weight is 317 g/mol. The Morgan fingerprint density at radius 2 is 1.67 bits per heavy atom. The Morgan fingerprint density at radius 1 is 1.10 bits per heavy atom. The smallest absolute Gasteiger partial charge is 0.294 e. The van der Waals surface area contributed by atoms with Crippen molar-refractivity contribution >= 4 is 17.7 Å². The van der Waals surface area contributed by atoms with Gasteiger partial charge in [-0.15, -0.1) is 0 Å². The number of carbonyl (C=O) groups excluding carboxylic acids is 1. The fourth-order valence-corrected chi connectivity index (χ4v) is 2.53. The van der Waals surface area contributed by atoms with E-state index in [1.807, 2.05) is 5.43 Å². The molecule has 1 rings (SSSR count). The molecule has 1 aromatic heterocycles. The molecular weight excluding hydrogens is 298 g/mol. The highest BCUT2D eigenvalue weighted by atomic mass is 32.2. The van der Waals surface area contributed by atoms with Gasteiger partial charge in [0.1, 0.15) is 0 Å². The molecule has 0 bridgehead atoms. The summed E-state index contributed by atoms with van der Waals surface area (Å²) in [6, 6.07) is 0. The number of hydrogen-bond donors (Lipinski definition) is 2. The highest BCUT2D eigenvalue weighted by molar-refractivity contribution is 7.99. The van der Waals surface area contributed by atoms with E-state index >= 15 is 0 Å². The first-order chi connectivity index (χ1) is 9.90. The molecule has 118 valence electrons. The van der Waals surface area contributed by atoms with Gasteiger partial charge in [0.25, 0.3) is 0 Å². The van der Waals surface area contributed by atoms with Gasteiger partial charge >= 0.3 is 17.1 Å².